The molecule has 0 unspecified atom stereocenters. The molecular formula is C22H26N3O3S+. The summed E-state index contributed by atoms with van der Waals surface area (Å²) in [7, 11) is -3.47. The van der Waals surface area contributed by atoms with Crippen LogP contribution in [-0.4, -0.2) is 49.0 Å². The first kappa shape index (κ1) is 19.8. The molecule has 2 N–H and O–H groups in total. The van der Waals surface area contributed by atoms with E-state index >= 15 is 0 Å². The van der Waals surface area contributed by atoms with Crippen LogP contribution in [-0.2, 0) is 16.6 Å². The monoisotopic (exact) mass is 412 g/mol. The van der Waals surface area contributed by atoms with Crippen LogP contribution in [0.25, 0.3) is 10.9 Å². The molecule has 2 heterocycles. The topological polar surface area (TPSA) is 74.9 Å². The van der Waals surface area contributed by atoms with Gasteiger partial charge in [0, 0.05) is 17.1 Å². The van der Waals surface area contributed by atoms with Crippen molar-refractivity contribution < 1.29 is 18.4 Å². The molecule has 0 bridgehead atoms. The first-order chi connectivity index (χ1) is 13.9. The normalized spacial score (nSPS) is 16.3. The smallest absolute Gasteiger partial charge is 0.243 e. The number of sulfonamides is 1. The molecule has 4 rings (SSSR count). The lowest BCUT2D eigenvalue weighted by atomic mass is 10.1. The van der Waals surface area contributed by atoms with Crippen LogP contribution < -0.4 is 4.90 Å². The first-order valence-electron chi connectivity index (χ1n) is 9.83. The van der Waals surface area contributed by atoms with Crippen molar-refractivity contribution in [2.75, 3.05) is 26.2 Å². The van der Waals surface area contributed by atoms with E-state index in [1.54, 1.807) is 22.6 Å². The fraction of sp³-hybridized carbons (Fsp3) is 0.318. The average molecular weight is 413 g/mol. The van der Waals surface area contributed by atoms with Gasteiger partial charge in [0.1, 0.15) is 17.8 Å². The molecule has 1 fully saturated rings. The molecule has 0 spiro atoms. The van der Waals surface area contributed by atoms with Crippen LogP contribution in [0.4, 0.5) is 0 Å². The van der Waals surface area contributed by atoms with Gasteiger partial charge in [0.15, 0.2) is 0 Å². The molecule has 1 aromatic heterocycles. The lowest BCUT2D eigenvalue weighted by Gasteiger charge is -2.32. The Hall–Kier alpha value is -2.48. The minimum Gasteiger partial charge on any atom is -0.506 e. The summed E-state index contributed by atoms with van der Waals surface area (Å²) < 4.78 is 27.8. The van der Waals surface area contributed by atoms with E-state index in [1.807, 2.05) is 44.2 Å². The molecule has 29 heavy (non-hydrogen) atoms. The second-order valence-electron chi connectivity index (χ2n) is 7.74. The SMILES string of the molecule is Cc1ccc(C)c(S(=O)(=O)N2CC[NH+](Cc3ccc(O)c4ncccc34)CC2)c1. The molecular weight excluding hydrogens is 386 g/mol. The summed E-state index contributed by atoms with van der Waals surface area (Å²) in [6.07, 6.45) is 1.68. The number of aromatic nitrogens is 1. The summed E-state index contributed by atoms with van der Waals surface area (Å²) in [5.41, 5.74) is 3.46. The lowest BCUT2D eigenvalue weighted by Crippen LogP contribution is -3.13. The number of fused-ring (bicyclic) bond motifs is 1. The van der Waals surface area contributed by atoms with Crippen LogP contribution in [0.5, 0.6) is 5.75 Å². The van der Waals surface area contributed by atoms with Gasteiger partial charge in [-0.05, 0) is 49.2 Å². The van der Waals surface area contributed by atoms with Gasteiger partial charge in [-0.15, -0.1) is 0 Å². The second kappa shape index (κ2) is 7.74. The van der Waals surface area contributed by atoms with E-state index in [0.717, 1.165) is 41.7 Å². The van der Waals surface area contributed by atoms with Gasteiger partial charge < -0.3 is 10.0 Å². The third-order valence-electron chi connectivity index (χ3n) is 5.67. The van der Waals surface area contributed by atoms with Gasteiger partial charge in [-0.3, -0.25) is 4.98 Å². The Labute approximate surface area is 171 Å². The van der Waals surface area contributed by atoms with Crippen LogP contribution in [0, 0.1) is 13.8 Å². The molecule has 152 valence electrons. The highest BCUT2D eigenvalue weighted by atomic mass is 32.2. The van der Waals surface area contributed by atoms with Crippen molar-refractivity contribution in [2.24, 2.45) is 0 Å². The number of hydrogen-bond acceptors (Lipinski definition) is 4. The summed E-state index contributed by atoms with van der Waals surface area (Å²) in [6.45, 7) is 7.02. The van der Waals surface area contributed by atoms with Crippen LogP contribution in [0.2, 0.25) is 0 Å². The van der Waals surface area contributed by atoms with E-state index in [-0.39, 0.29) is 5.75 Å². The molecule has 0 atom stereocenters. The molecule has 1 saturated heterocycles. The standard InChI is InChI=1S/C22H25N3O3S/c1-16-5-6-17(2)21(14-16)29(27,28)25-12-10-24(11-13-25)15-18-7-8-20(26)22-19(18)4-3-9-23-22/h3-9,14,26H,10-13,15H2,1-2H3/p+1. The molecule has 7 heteroatoms. The number of quaternary nitrogens is 1. The van der Waals surface area contributed by atoms with Crippen molar-refractivity contribution in [1.29, 1.82) is 0 Å². The minimum absolute atomic E-state index is 0.184. The molecule has 0 radical (unpaired) electrons. The number of phenols is 1. The highest BCUT2D eigenvalue weighted by molar-refractivity contribution is 7.89. The zero-order valence-electron chi connectivity index (χ0n) is 16.7. The summed E-state index contributed by atoms with van der Waals surface area (Å²) in [5.74, 6) is 0.184. The molecule has 1 aliphatic heterocycles. The quantitative estimate of drug-likeness (QED) is 0.683. The van der Waals surface area contributed by atoms with E-state index in [2.05, 4.69) is 4.98 Å². The number of hydrogen-bond donors (Lipinski definition) is 2. The summed E-state index contributed by atoms with van der Waals surface area (Å²) in [6, 6.07) is 13.0. The maximum Gasteiger partial charge on any atom is 0.243 e. The Morgan fingerprint density at radius 1 is 1.10 bits per heavy atom. The average Bonchev–Trinajstić information content (AvgIpc) is 2.72. The van der Waals surface area contributed by atoms with Crippen molar-refractivity contribution in [3.8, 4) is 5.75 Å². The van der Waals surface area contributed by atoms with Crippen molar-refractivity contribution >= 4 is 20.9 Å². The molecule has 0 aliphatic carbocycles. The fourth-order valence-electron chi connectivity index (χ4n) is 3.98. The van der Waals surface area contributed by atoms with Crippen molar-refractivity contribution in [2.45, 2.75) is 25.3 Å². The molecule has 1 aliphatic rings. The van der Waals surface area contributed by atoms with Gasteiger partial charge in [0.2, 0.25) is 10.0 Å². The fourth-order valence-corrected chi connectivity index (χ4v) is 5.74. The summed E-state index contributed by atoms with van der Waals surface area (Å²) in [4.78, 5) is 6.02. The van der Waals surface area contributed by atoms with Crippen molar-refractivity contribution in [3.63, 3.8) is 0 Å². The third kappa shape index (κ3) is 3.85. The predicted molar refractivity (Wildman–Crippen MR) is 112 cm³/mol. The molecule has 2 aromatic carbocycles. The largest absolute Gasteiger partial charge is 0.506 e. The Morgan fingerprint density at radius 2 is 1.86 bits per heavy atom. The number of aryl methyl sites for hydroxylation is 2. The van der Waals surface area contributed by atoms with Crippen LogP contribution in [0.3, 0.4) is 0 Å². The van der Waals surface area contributed by atoms with E-state index < -0.39 is 10.0 Å². The van der Waals surface area contributed by atoms with Crippen LogP contribution >= 0.6 is 0 Å². The number of benzene rings is 2. The summed E-state index contributed by atoms with van der Waals surface area (Å²) >= 11 is 0. The van der Waals surface area contributed by atoms with Gasteiger partial charge in [-0.1, -0.05) is 18.2 Å². The van der Waals surface area contributed by atoms with E-state index in [9.17, 15) is 13.5 Å². The number of nitrogens with one attached hydrogen (secondary N) is 1. The highest BCUT2D eigenvalue weighted by Crippen LogP contribution is 2.25. The zero-order valence-corrected chi connectivity index (χ0v) is 17.5. The Kier molecular flexibility index (Phi) is 5.29. The number of piperazine rings is 1. The van der Waals surface area contributed by atoms with E-state index in [1.165, 1.54) is 4.90 Å². The Bertz CT molecular complexity index is 1150. The van der Waals surface area contributed by atoms with E-state index in [4.69, 9.17) is 0 Å². The Balaban J connectivity index is 1.49. The maximum absolute atomic E-state index is 13.1. The lowest BCUT2D eigenvalue weighted by molar-refractivity contribution is -0.917. The molecule has 0 saturated carbocycles. The highest BCUT2D eigenvalue weighted by Gasteiger charge is 2.31. The van der Waals surface area contributed by atoms with Gasteiger partial charge in [0.05, 0.1) is 31.1 Å². The van der Waals surface area contributed by atoms with Crippen LogP contribution in [0.1, 0.15) is 16.7 Å². The Morgan fingerprint density at radius 3 is 2.62 bits per heavy atom. The number of phenolic OH excluding ortho intramolecular Hbond substituents is 1. The molecule has 0 amide bonds. The second-order valence-corrected chi connectivity index (χ2v) is 9.65. The van der Waals surface area contributed by atoms with Crippen molar-refractivity contribution in [1.82, 2.24) is 9.29 Å². The van der Waals surface area contributed by atoms with Gasteiger partial charge >= 0.3 is 0 Å². The van der Waals surface area contributed by atoms with Gasteiger partial charge in [0.25, 0.3) is 0 Å². The maximum atomic E-state index is 13.1. The van der Waals surface area contributed by atoms with Crippen LogP contribution in [0.15, 0.2) is 53.6 Å². The van der Waals surface area contributed by atoms with Crippen molar-refractivity contribution in [3.05, 3.63) is 65.4 Å². The number of pyridine rings is 1. The number of nitrogens with zero attached hydrogens (tertiary/aromatic N) is 2. The summed E-state index contributed by atoms with van der Waals surface area (Å²) in [5, 5.41) is 11.0. The minimum atomic E-state index is -3.47. The number of rotatable bonds is 4. The zero-order chi connectivity index (χ0) is 20.6. The third-order valence-corrected chi connectivity index (χ3v) is 7.71. The predicted octanol–water partition coefficient (Wildman–Crippen LogP) is 1.65. The molecule has 3 aromatic rings. The van der Waals surface area contributed by atoms with Gasteiger partial charge in [-0.2, -0.15) is 4.31 Å². The number of aromatic hydroxyl groups is 1. The van der Waals surface area contributed by atoms with Gasteiger partial charge in [-0.25, -0.2) is 8.42 Å². The first-order valence-corrected chi connectivity index (χ1v) is 11.3. The molecule has 6 nitrogen and oxygen atoms in total. The van der Waals surface area contributed by atoms with E-state index in [0.29, 0.717) is 23.5 Å².